The van der Waals surface area contributed by atoms with E-state index in [0.717, 1.165) is 5.39 Å². The Hall–Kier alpha value is -2.33. The third-order valence-corrected chi connectivity index (χ3v) is 3.24. The van der Waals surface area contributed by atoms with Crippen molar-refractivity contribution in [1.82, 2.24) is 4.98 Å². The van der Waals surface area contributed by atoms with E-state index in [1.54, 1.807) is 18.3 Å². The van der Waals surface area contributed by atoms with Gasteiger partial charge in [-0.25, -0.2) is 4.39 Å². The molecule has 20 heavy (non-hydrogen) atoms. The van der Waals surface area contributed by atoms with Gasteiger partial charge in [-0.15, -0.1) is 0 Å². The Morgan fingerprint density at radius 2 is 1.95 bits per heavy atom. The highest BCUT2D eigenvalue weighted by Gasteiger charge is 2.08. The van der Waals surface area contributed by atoms with Crippen molar-refractivity contribution in [3.63, 3.8) is 0 Å². The molecule has 0 radical (unpaired) electrons. The summed E-state index contributed by atoms with van der Waals surface area (Å²) in [4.78, 5) is 4.29. The molecule has 0 unspecified atom stereocenters. The first-order valence-corrected chi connectivity index (χ1v) is 6.38. The molecule has 2 aromatic carbocycles. The van der Waals surface area contributed by atoms with Gasteiger partial charge in [0.25, 0.3) is 0 Å². The van der Waals surface area contributed by atoms with E-state index in [-0.39, 0.29) is 5.82 Å². The molecule has 0 aliphatic rings. The lowest BCUT2D eigenvalue weighted by atomic mass is 10.1. The lowest BCUT2D eigenvalue weighted by Gasteiger charge is -2.11. The van der Waals surface area contributed by atoms with Crippen LogP contribution in [0, 0.1) is 5.82 Å². The molecule has 1 heterocycles. The number of nitrogens with two attached hydrogens (primary N) is 1. The summed E-state index contributed by atoms with van der Waals surface area (Å²) in [6.45, 7) is 0. The first-order valence-electron chi connectivity index (χ1n) is 6.00. The summed E-state index contributed by atoms with van der Waals surface area (Å²) < 4.78 is 13.8. The van der Waals surface area contributed by atoms with Gasteiger partial charge in [0.05, 0.1) is 16.9 Å². The van der Waals surface area contributed by atoms with Gasteiger partial charge < -0.3 is 11.1 Å². The van der Waals surface area contributed by atoms with Gasteiger partial charge in [0.1, 0.15) is 5.82 Å². The van der Waals surface area contributed by atoms with E-state index in [9.17, 15) is 4.39 Å². The summed E-state index contributed by atoms with van der Waals surface area (Å²) >= 11 is 5.88. The van der Waals surface area contributed by atoms with Crippen LogP contribution in [0.2, 0.25) is 5.02 Å². The number of anilines is 3. The molecule has 0 fully saturated rings. The van der Waals surface area contributed by atoms with Crippen molar-refractivity contribution >= 4 is 39.6 Å². The highest BCUT2D eigenvalue weighted by molar-refractivity contribution is 6.30. The Bertz CT molecular complexity index is 789. The van der Waals surface area contributed by atoms with Gasteiger partial charge in [0, 0.05) is 22.3 Å². The molecule has 0 aliphatic carbocycles. The lowest BCUT2D eigenvalue weighted by molar-refractivity contribution is 0.632. The largest absolute Gasteiger partial charge is 0.398 e. The fraction of sp³-hybridized carbons (Fsp3) is 0. The Balaban J connectivity index is 2.11. The van der Waals surface area contributed by atoms with Crippen LogP contribution in [0.3, 0.4) is 0 Å². The second kappa shape index (κ2) is 4.98. The summed E-state index contributed by atoms with van der Waals surface area (Å²) in [7, 11) is 0. The van der Waals surface area contributed by atoms with Crippen molar-refractivity contribution in [3.05, 3.63) is 59.5 Å². The predicted molar refractivity (Wildman–Crippen MR) is 80.8 cm³/mol. The van der Waals surface area contributed by atoms with Gasteiger partial charge in [-0.1, -0.05) is 11.6 Å². The molecule has 0 saturated heterocycles. The number of fused-ring (bicyclic) bond motifs is 1. The average molecular weight is 288 g/mol. The zero-order valence-electron chi connectivity index (χ0n) is 10.4. The van der Waals surface area contributed by atoms with Crippen molar-refractivity contribution in [2.75, 3.05) is 11.1 Å². The fourth-order valence-electron chi connectivity index (χ4n) is 2.03. The summed E-state index contributed by atoms with van der Waals surface area (Å²) in [6, 6.07) is 11.6. The normalized spacial score (nSPS) is 10.7. The number of benzene rings is 2. The Morgan fingerprint density at radius 3 is 2.80 bits per heavy atom. The van der Waals surface area contributed by atoms with E-state index in [0.29, 0.717) is 27.6 Å². The second-order valence-corrected chi connectivity index (χ2v) is 4.79. The van der Waals surface area contributed by atoms with Crippen LogP contribution in [0.25, 0.3) is 10.9 Å². The highest BCUT2D eigenvalue weighted by atomic mass is 35.5. The summed E-state index contributed by atoms with van der Waals surface area (Å²) in [5, 5.41) is 4.28. The molecule has 3 rings (SSSR count). The molecule has 0 amide bonds. The van der Waals surface area contributed by atoms with E-state index >= 15 is 0 Å². The molecule has 3 nitrogen and oxygen atoms in total. The van der Waals surface area contributed by atoms with Crippen molar-refractivity contribution in [1.29, 1.82) is 0 Å². The van der Waals surface area contributed by atoms with Crippen molar-refractivity contribution < 1.29 is 4.39 Å². The number of hydrogen-bond donors (Lipinski definition) is 2. The minimum Gasteiger partial charge on any atom is -0.398 e. The number of halogens is 2. The molecule has 0 atom stereocenters. The number of hydrogen-bond acceptors (Lipinski definition) is 3. The maximum Gasteiger partial charge on any atom is 0.146 e. The van der Waals surface area contributed by atoms with Gasteiger partial charge in [-0.2, -0.15) is 0 Å². The lowest BCUT2D eigenvalue weighted by Crippen LogP contribution is -1.97. The molecule has 0 bridgehead atoms. The first kappa shape index (κ1) is 12.7. The van der Waals surface area contributed by atoms with Crippen LogP contribution in [-0.2, 0) is 0 Å². The van der Waals surface area contributed by atoms with E-state index in [1.807, 2.05) is 12.1 Å². The minimum atomic E-state index is -0.379. The minimum absolute atomic E-state index is 0.300. The Kier molecular flexibility index (Phi) is 3.16. The zero-order chi connectivity index (χ0) is 14.1. The molecule has 3 aromatic rings. The molecule has 100 valence electrons. The van der Waals surface area contributed by atoms with Crippen LogP contribution in [0.5, 0.6) is 0 Å². The quantitative estimate of drug-likeness (QED) is 0.689. The molecular formula is C15H11ClFN3. The van der Waals surface area contributed by atoms with E-state index < -0.39 is 0 Å². The SMILES string of the molecule is Nc1ccc(Nc2cc(Cl)ccc2F)c2ncccc12. The molecule has 3 N–H and O–H groups in total. The topological polar surface area (TPSA) is 50.9 Å². The van der Waals surface area contributed by atoms with Gasteiger partial charge in [-0.05, 0) is 42.5 Å². The second-order valence-electron chi connectivity index (χ2n) is 4.35. The van der Waals surface area contributed by atoms with Crippen molar-refractivity contribution in [3.8, 4) is 0 Å². The summed E-state index contributed by atoms with van der Waals surface area (Å²) in [5.74, 6) is -0.379. The van der Waals surface area contributed by atoms with Crippen LogP contribution >= 0.6 is 11.6 Å². The average Bonchev–Trinajstić information content (AvgIpc) is 2.46. The molecular weight excluding hydrogens is 277 g/mol. The number of nitrogens with one attached hydrogen (secondary N) is 1. The Morgan fingerprint density at radius 1 is 1.10 bits per heavy atom. The number of aromatic nitrogens is 1. The maximum absolute atomic E-state index is 13.8. The fourth-order valence-corrected chi connectivity index (χ4v) is 2.21. The van der Waals surface area contributed by atoms with E-state index in [2.05, 4.69) is 10.3 Å². The predicted octanol–water partition coefficient (Wildman–Crippen LogP) is 4.35. The van der Waals surface area contributed by atoms with E-state index in [1.165, 1.54) is 18.2 Å². The molecule has 0 spiro atoms. The van der Waals surface area contributed by atoms with Crippen LogP contribution in [0.1, 0.15) is 0 Å². The molecule has 0 aliphatic heterocycles. The van der Waals surface area contributed by atoms with E-state index in [4.69, 9.17) is 17.3 Å². The van der Waals surface area contributed by atoms with Gasteiger partial charge in [0.15, 0.2) is 0 Å². The summed E-state index contributed by atoms with van der Waals surface area (Å²) in [6.07, 6.45) is 1.67. The number of nitrogens with zero attached hydrogens (tertiary/aromatic N) is 1. The van der Waals surface area contributed by atoms with Crippen LogP contribution < -0.4 is 11.1 Å². The van der Waals surface area contributed by atoms with Gasteiger partial charge >= 0.3 is 0 Å². The summed E-state index contributed by atoms with van der Waals surface area (Å²) in [5.41, 5.74) is 8.20. The smallest absolute Gasteiger partial charge is 0.146 e. The Labute approximate surface area is 120 Å². The van der Waals surface area contributed by atoms with Crippen molar-refractivity contribution in [2.45, 2.75) is 0 Å². The molecule has 5 heteroatoms. The molecule has 0 saturated carbocycles. The van der Waals surface area contributed by atoms with Gasteiger partial charge in [-0.3, -0.25) is 4.98 Å². The van der Waals surface area contributed by atoms with Crippen LogP contribution in [0.15, 0.2) is 48.7 Å². The van der Waals surface area contributed by atoms with Gasteiger partial charge in [0.2, 0.25) is 0 Å². The van der Waals surface area contributed by atoms with Crippen LogP contribution in [-0.4, -0.2) is 4.98 Å². The number of pyridine rings is 1. The third-order valence-electron chi connectivity index (χ3n) is 3.00. The number of nitrogen functional groups attached to an aromatic ring is 1. The number of rotatable bonds is 2. The third kappa shape index (κ3) is 2.26. The van der Waals surface area contributed by atoms with Crippen molar-refractivity contribution in [2.24, 2.45) is 0 Å². The van der Waals surface area contributed by atoms with Crippen LogP contribution in [0.4, 0.5) is 21.5 Å². The standard InChI is InChI=1S/C15H11ClFN3/c16-9-3-4-11(17)14(8-9)20-13-6-5-12(18)10-2-1-7-19-15(10)13/h1-8,20H,18H2. The molecule has 1 aromatic heterocycles. The first-order chi connectivity index (χ1) is 9.65. The zero-order valence-corrected chi connectivity index (χ0v) is 11.2. The maximum atomic E-state index is 13.8. The monoisotopic (exact) mass is 287 g/mol. The highest BCUT2D eigenvalue weighted by Crippen LogP contribution is 2.30.